The van der Waals surface area contributed by atoms with Gasteiger partial charge in [0.2, 0.25) is 5.69 Å². The zero-order valence-corrected chi connectivity index (χ0v) is 46.5. The van der Waals surface area contributed by atoms with E-state index in [0.717, 1.165) is 0 Å². The highest BCUT2D eigenvalue weighted by Crippen LogP contribution is 2.51. The van der Waals surface area contributed by atoms with Gasteiger partial charge >= 0.3 is 5.97 Å². The fraction of sp³-hybridized carbons (Fsp3) is 0.569. The molecule has 0 N–H and O–H groups in total. The topological polar surface area (TPSA) is 306 Å². The molecule has 2 unspecified atom stereocenters. The lowest BCUT2D eigenvalue weighted by Crippen LogP contribution is -2.33. The predicted octanol–water partition coefficient (Wildman–Crippen LogP) is 3.49. The third kappa shape index (κ3) is 17.8. The molecule has 0 bridgehead atoms. The van der Waals surface area contributed by atoms with E-state index in [0.29, 0.717) is 104 Å². The first-order valence-corrected chi connectivity index (χ1v) is 29.4. The molecule has 23 nitrogen and oxygen atoms in total. The molecule has 0 saturated carbocycles. The molecule has 26 heteroatoms. The van der Waals surface area contributed by atoms with Gasteiger partial charge in [0.1, 0.15) is 26.8 Å². The van der Waals surface area contributed by atoms with Gasteiger partial charge in [0.05, 0.1) is 91.4 Å². The molecule has 1 fully saturated rings. The summed E-state index contributed by atoms with van der Waals surface area (Å²) in [6.45, 7) is 9.96. The van der Waals surface area contributed by atoms with E-state index in [1.807, 2.05) is 22.5 Å². The number of imide groups is 1. The van der Waals surface area contributed by atoms with Gasteiger partial charge in [-0.25, -0.2) is 30.0 Å². The highest BCUT2D eigenvalue weighted by atomic mass is 32.2. The Morgan fingerprint density at radius 3 is 1.77 bits per heavy atom. The standard InChI is InChI=1S/C51H71N3O20S3/c1-38(10-16-46-51(3,20-23-67-4)42-37-40(77(64,65)66)11-13-43(42)52(46)21-6-8-49(57)74-54-47(55)17-18-48(54)56)9-15-45-50(2,19-7-35-75(58,59)60)41-36-39(76(61,62)63)12-14-44(41)53(45)22-24-69-27-28-71-31-32-73-34-33-72-30-29-70-26-25-68-5/h9-16,36-37H,6-8,17-35H2,1-5H3,(H2-,58,59,60,61,62,63,64,65,66)/p-2. The predicted molar refractivity (Wildman–Crippen MR) is 274 cm³/mol. The lowest BCUT2D eigenvalue weighted by molar-refractivity contribution is -0.442. The van der Waals surface area contributed by atoms with E-state index in [4.69, 9.17) is 38.0 Å². The van der Waals surface area contributed by atoms with Crippen molar-refractivity contribution in [3.63, 3.8) is 0 Å². The molecule has 0 spiro atoms. The number of carbonyl (C=O) groups is 3. The van der Waals surface area contributed by atoms with Crippen molar-refractivity contribution < 1.29 is 95.9 Å². The Hall–Kier alpha value is -4.81. The van der Waals surface area contributed by atoms with Crippen molar-refractivity contribution >= 4 is 65.2 Å². The number of anilines is 1. The van der Waals surface area contributed by atoms with E-state index in [2.05, 4.69) is 0 Å². The maximum Gasteiger partial charge on any atom is 0.333 e. The number of benzene rings is 2. The first-order chi connectivity index (χ1) is 36.4. The fourth-order valence-electron chi connectivity index (χ4n) is 9.23. The summed E-state index contributed by atoms with van der Waals surface area (Å²) >= 11 is 0. The van der Waals surface area contributed by atoms with Crippen molar-refractivity contribution in [1.29, 1.82) is 0 Å². The number of allylic oxidation sites excluding steroid dienone is 6. The molecule has 2 aromatic carbocycles. The van der Waals surface area contributed by atoms with Crippen molar-refractivity contribution in [3.8, 4) is 0 Å². The molecule has 0 aromatic heterocycles. The lowest BCUT2D eigenvalue weighted by atomic mass is 9.75. The van der Waals surface area contributed by atoms with Crippen LogP contribution in [0.25, 0.3) is 0 Å². The lowest BCUT2D eigenvalue weighted by Gasteiger charge is -2.30. The summed E-state index contributed by atoms with van der Waals surface area (Å²) in [5.41, 5.74) is 1.78. The molecule has 1 saturated heterocycles. The van der Waals surface area contributed by atoms with Crippen molar-refractivity contribution in [1.82, 2.24) is 5.06 Å². The van der Waals surface area contributed by atoms with Gasteiger partial charge < -0.3 is 56.6 Å². The van der Waals surface area contributed by atoms with Crippen LogP contribution in [0.5, 0.6) is 0 Å². The van der Waals surface area contributed by atoms with E-state index in [-0.39, 0.29) is 78.0 Å². The Balaban J connectivity index is 1.41. The summed E-state index contributed by atoms with van der Waals surface area (Å²) in [7, 11) is -11.4. The van der Waals surface area contributed by atoms with E-state index >= 15 is 0 Å². The second-order valence-corrected chi connectivity index (χ2v) is 23.0. The van der Waals surface area contributed by atoms with Crippen molar-refractivity contribution in [3.05, 3.63) is 83.1 Å². The monoisotopic (exact) mass is 1140 g/mol. The van der Waals surface area contributed by atoms with Crippen molar-refractivity contribution in [2.75, 3.05) is 117 Å². The Labute approximate surface area is 450 Å². The Kier molecular flexibility index (Phi) is 23.6. The summed E-state index contributed by atoms with van der Waals surface area (Å²) in [5.74, 6) is -2.75. The molecular weight excluding hydrogens is 1070 g/mol. The van der Waals surface area contributed by atoms with Gasteiger partial charge in [-0.1, -0.05) is 17.7 Å². The largest absolute Gasteiger partial charge is 0.748 e. The Bertz CT molecular complexity index is 2850. The van der Waals surface area contributed by atoms with Crippen LogP contribution in [0.2, 0.25) is 0 Å². The molecule has 2 amide bonds. The fourth-order valence-corrected chi connectivity index (χ4v) is 10.7. The molecule has 77 heavy (non-hydrogen) atoms. The van der Waals surface area contributed by atoms with Crippen LogP contribution in [0.15, 0.2) is 81.8 Å². The van der Waals surface area contributed by atoms with Crippen LogP contribution >= 0.6 is 0 Å². The Morgan fingerprint density at radius 2 is 1.22 bits per heavy atom. The van der Waals surface area contributed by atoms with Crippen LogP contribution in [0.3, 0.4) is 0 Å². The number of hydroxylamine groups is 2. The van der Waals surface area contributed by atoms with Crippen molar-refractivity contribution in [2.24, 2.45) is 0 Å². The van der Waals surface area contributed by atoms with Crippen LogP contribution in [-0.4, -0.2) is 184 Å². The normalized spacial score (nSPS) is 19.6. The van der Waals surface area contributed by atoms with Gasteiger partial charge in [0, 0.05) is 86.9 Å². The molecule has 3 aliphatic heterocycles. The zero-order valence-electron chi connectivity index (χ0n) is 44.1. The number of hydrogen-bond donors (Lipinski definition) is 0. The second-order valence-electron chi connectivity index (χ2n) is 18.7. The van der Waals surface area contributed by atoms with Crippen LogP contribution in [0.1, 0.15) is 76.8 Å². The Morgan fingerprint density at radius 1 is 0.688 bits per heavy atom. The third-order valence-electron chi connectivity index (χ3n) is 13.2. The highest BCUT2D eigenvalue weighted by Gasteiger charge is 2.48. The molecule has 3 heterocycles. The molecule has 3 aliphatic rings. The van der Waals surface area contributed by atoms with E-state index < -0.39 is 74.5 Å². The molecular formula is C51H69N3O20S3-2. The summed E-state index contributed by atoms with van der Waals surface area (Å²) < 4.78 is 150. The van der Waals surface area contributed by atoms with Gasteiger partial charge in [-0.2, -0.15) is 4.58 Å². The van der Waals surface area contributed by atoms with E-state index in [1.54, 1.807) is 39.2 Å². The van der Waals surface area contributed by atoms with Gasteiger partial charge in [0.25, 0.3) is 11.8 Å². The minimum atomic E-state index is -4.93. The number of hydrogen-bond acceptors (Lipinski definition) is 21. The first-order valence-electron chi connectivity index (χ1n) is 25.0. The van der Waals surface area contributed by atoms with Crippen molar-refractivity contribution in [2.45, 2.75) is 86.3 Å². The molecule has 0 radical (unpaired) electrons. The molecule has 5 rings (SSSR count). The van der Waals surface area contributed by atoms with Crippen LogP contribution < -0.4 is 4.90 Å². The molecule has 428 valence electrons. The van der Waals surface area contributed by atoms with Crippen LogP contribution in [-0.2, 0) is 93.6 Å². The molecule has 2 atom stereocenters. The SMILES string of the molecule is COCCOCCOCCOCCOCCOCC[N+]1=C(/C=C/C(C)=C/C=C2/N(CCCC(=O)ON3C(=O)CCC3=O)c3ccc(S(=O)(=O)[O-])cc3C2(C)CCOC)C(C)(CCCS(=O)(=O)[O-])c2cc(S(=O)(=O)[O-])ccc21. The quantitative estimate of drug-likeness (QED) is 0.0313. The summed E-state index contributed by atoms with van der Waals surface area (Å²) in [6.07, 6.45) is 7.26. The molecule has 0 aliphatic carbocycles. The second kappa shape index (κ2) is 28.9. The van der Waals surface area contributed by atoms with E-state index in [9.17, 15) is 53.3 Å². The van der Waals surface area contributed by atoms with Crippen LogP contribution in [0, 0.1) is 0 Å². The summed E-state index contributed by atoms with van der Waals surface area (Å²) in [6, 6.07) is 8.03. The summed E-state index contributed by atoms with van der Waals surface area (Å²) in [5, 5.41) is 0.469. The number of ether oxygens (including phenoxy) is 7. The number of rotatable bonds is 35. The maximum absolute atomic E-state index is 12.9. The average molecular weight is 1140 g/mol. The molecule has 2 aromatic rings. The number of amides is 2. The first kappa shape index (κ1) is 63.0. The third-order valence-corrected chi connectivity index (χ3v) is 15.7. The van der Waals surface area contributed by atoms with Gasteiger partial charge in [0.15, 0.2) is 12.3 Å². The van der Waals surface area contributed by atoms with Crippen LogP contribution in [0.4, 0.5) is 11.4 Å². The minimum Gasteiger partial charge on any atom is -0.748 e. The maximum atomic E-state index is 12.9. The summed E-state index contributed by atoms with van der Waals surface area (Å²) in [4.78, 5) is 43.1. The van der Waals surface area contributed by atoms with Gasteiger partial charge in [-0.3, -0.25) is 9.59 Å². The average Bonchev–Trinajstić information content (AvgIpc) is 4.02. The highest BCUT2D eigenvalue weighted by molar-refractivity contribution is 7.86. The van der Waals surface area contributed by atoms with E-state index in [1.165, 1.54) is 43.5 Å². The smallest absolute Gasteiger partial charge is 0.333 e. The zero-order chi connectivity index (χ0) is 56.4. The number of carbonyl (C=O) groups excluding carboxylic acids is 3. The number of fused-ring (bicyclic) bond motifs is 2. The number of nitrogens with zero attached hydrogens (tertiary/aromatic N) is 3. The van der Waals surface area contributed by atoms with Gasteiger partial charge in [-0.05, 0) is 88.4 Å². The minimum absolute atomic E-state index is 0.0589. The van der Waals surface area contributed by atoms with Gasteiger partial charge in [-0.15, -0.1) is 5.06 Å². The number of methoxy groups -OCH3 is 2.